The van der Waals surface area contributed by atoms with E-state index < -0.39 is 0 Å². The summed E-state index contributed by atoms with van der Waals surface area (Å²) >= 11 is 1.48. The van der Waals surface area contributed by atoms with Crippen molar-refractivity contribution in [2.75, 3.05) is 5.32 Å². The summed E-state index contributed by atoms with van der Waals surface area (Å²) in [6.45, 7) is 0. The maximum absolute atomic E-state index is 12.6. The second kappa shape index (κ2) is 6.63. The first-order chi connectivity index (χ1) is 13.3. The van der Waals surface area contributed by atoms with Crippen molar-refractivity contribution in [2.24, 2.45) is 5.92 Å². The van der Waals surface area contributed by atoms with Crippen LogP contribution in [0.2, 0.25) is 0 Å². The molecule has 0 bridgehead atoms. The summed E-state index contributed by atoms with van der Waals surface area (Å²) in [5, 5.41) is 8.06. The minimum atomic E-state index is 0.0531. The molecule has 1 heterocycles. The van der Waals surface area contributed by atoms with Crippen LogP contribution in [0.3, 0.4) is 0 Å². The minimum Gasteiger partial charge on any atom is -0.302 e. The van der Waals surface area contributed by atoms with E-state index in [9.17, 15) is 4.79 Å². The van der Waals surface area contributed by atoms with Crippen molar-refractivity contribution in [3.8, 4) is 11.3 Å². The average molecular weight is 370 g/mol. The fraction of sp³-hybridized carbons (Fsp3) is 0.130. The Bertz CT molecular complexity index is 1110. The maximum Gasteiger partial charge on any atom is 0.229 e. The molecule has 1 amide bonds. The summed E-state index contributed by atoms with van der Waals surface area (Å²) in [6, 6.07) is 24.8. The highest BCUT2D eigenvalue weighted by Gasteiger charge is 2.44. The first-order valence-corrected chi connectivity index (χ1v) is 9.97. The van der Waals surface area contributed by atoms with E-state index in [4.69, 9.17) is 0 Å². The molecule has 0 unspecified atom stereocenters. The van der Waals surface area contributed by atoms with Crippen LogP contribution in [0.1, 0.15) is 17.9 Å². The third-order valence-electron chi connectivity index (χ3n) is 5.15. The number of nitrogens with one attached hydrogen (secondary N) is 1. The average Bonchev–Trinajstić information content (AvgIpc) is 3.40. The zero-order chi connectivity index (χ0) is 18.2. The Morgan fingerprint density at radius 3 is 2.63 bits per heavy atom. The summed E-state index contributed by atoms with van der Waals surface area (Å²) in [7, 11) is 0. The zero-order valence-corrected chi connectivity index (χ0v) is 15.4. The van der Waals surface area contributed by atoms with Gasteiger partial charge in [0.1, 0.15) is 0 Å². The molecule has 5 rings (SSSR count). The van der Waals surface area contributed by atoms with Gasteiger partial charge in [-0.25, -0.2) is 4.98 Å². The van der Waals surface area contributed by atoms with Crippen LogP contribution in [-0.4, -0.2) is 10.9 Å². The Balaban J connectivity index is 1.34. The Morgan fingerprint density at radius 2 is 1.74 bits per heavy atom. The highest BCUT2D eigenvalue weighted by molar-refractivity contribution is 7.14. The summed E-state index contributed by atoms with van der Waals surface area (Å²) in [5.41, 5.74) is 3.24. The molecular formula is C23H18N2OS. The largest absolute Gasteiger partial charge is 0.302 e. The first kappa shape index (κ1) is 16.2. The van der Waals surface area contributed by atoms with Crippen LogP contribution in [0.4, 0.5) is 5.13 Å². The fourth-order valence-electron chi connectivity index (χ4n) is 3.66. The fourth-order valence-corrected chi connectivity index (χ4v) is 4.37. The molecule has 2 atom stereocenters. The number of hydrogen-bond acceptors (Lipinski definition) is 3. The van der Waals surface area contributed by atoms with Crippen molar-refractivity contribution in [2.45, 2.75) is 12.3 Å². The molecule has 1 N–H and O–H groups in total. The number of fused-ring (bicyclic) bond motifs is 1. The van der Waals surface area contributed by atoms with Gasteiger partial charge in [-0.2, -0.15) is 0 Å². The van der Waals surface area contributed by atoms with Gasteiger partial charge in [0.25, 0.3) is 0 Å². The van der Waals surface area contributed by atoms with Crippen LogP contribution in [0, 0.1) is 5.92 Å². The van der Waals surface area contributed by atoms with Gasteiger partial charge in [-0.05, 0) is 28.7 Å². The molecule has 1 aliphatic carbocycles. The number of hydrogen-bond donors (Lipinski definition) is 1. The number of thiazole rings is 1. The number of amides is 1. The molecule has 1 fully saturated rings. The van der Waals surface area contributed by atoms with Crippen LogP contribution >= 0.6 is 11.3 Å². The van der Waals surface area contributed by atoms with Crippen molar-refractivity contribution in [1.29, 1.82) is 0 Å². The molecule has 0 aliphatic heterocycles. The molecule has 3 aromatic carbocycles. The van der Waals surface area contributed by atoms with Crippen LogP contribution in [0.25, 0.3) is 22.0 Å². The van der Waals surface area contributed by atoms with Gasteiger partial charge in [0.2, 0.25) is 5.91 Å². The molecule has 1 aliphatic rings. The van der Waals surface area contributed by atoms with Crippen LogP contribution in [0.5, 0.6) is 0 Å². The van der Waals surface area contributed by atoms with Crippen LogP contribution in [-0.2, 0) is 4.79 Å². The molecule has 0 saturated heterocycles. The number of rotatable bonds is 4. The van der Waals surface area contributed by atoms with Crippen molar-refractivity contribution >= 4 is 33.1 Å². The van der Waals surface area contributed by atoms with Gasteiger partial charge in [0.05, 0.1) is 5.69 Å². The van der Waals surface area contributed by atoms with Gasteiger partial charge in [-0.3, -0.25) is 4.79 Å². The van der Waals surface area contributed by atoms with Crippen molar-refractivity contribution in [3.63, 3.8) is 0 Å². The molecule has 4 heteroatoms. The maximum atomic E-state index is 12.6. The molecular weight excluding hydrogens is 352 g/mol. The van der Waals surface area contributed by atoms with E-state index in [1.54, 1.807) is 0 Å². The quantitative estimate of drug-likeness (QED) is 0.500. The zero-order valence-electron chi connectivity index (χ0n) is 14.6. The van der Waals surface area contributed by atoms with Crippen LogP contribution < -0.4 is 5.32 Å². The number of benzene rings is 3. The second-order valence-corrected chi connectivity index (χ2v) is 7.77. The summed E-state index contributed by atoms with van der Waals surface area (Å²) in [4.78, 5) is 17.2. The van der Waals surface area contributed by atoms with Gasteiger partial charge >= 0.3 is 0 Å². The lowest BCUT2D eigenvalue weighted by molar-refractivity contribution is -0.117. The van der Waals surface area contributed by atoms with E-state index in [0.29, 0.717) is 11.0 Å². The minimum absolute atomic E-state index is 0.0531. The van der Waals surface area contributed by atoms with E-state index in [-0.39, 0.29) is 11.8 Å². The monoisotopic (exact) mass is 370 g/mol. The number of carbonyl (C=O) groups is 1. The smallest absolute Gasteiger partial charge is 0.229 e. The molecule has 3 nitrogen and oxygen atoms in total. The van der Waals surface area contributed by atoms with Crippen molar-refractivity contribution < 1.29 is 4.79 Å². The predicted octanol–water partition coefficient (Wildman–Crippen LogP) is 5.71. The van der Waals surface area contributed by atoms with Crippen LogP contribution in [0.15, 0.2) is 78.2 Å². The molecule has 1 aromatic heterocycles. The summed E-state index contributed by atoms with van der Waals surface area (Å²) < 4.78 is 0. The first-order valence-electron chi connectivity index (χ1n) is 9.09. The Labute approximate surface area is 161 Å². The SMILES string of the molecule is O=C(Nc1nc(-c2cccc3ccccc23)cs1)[C@@H]1C[C@@H]1c1ccccc1. The molecule has 0 spiro atoms. The lowest BCUT2D eigenvalue weighted by Gasteiger charge is -2.04. The molecule has 132 valence electrons. The Hall–Kier alpha value is -2.98. The van der Waals surface area contributed by atoms with E-state index in [1.807, 2.05) is 41.8 Å². The van der Waals surface area contributed by atoms with E-state index >= 15 is 0 Å². The normalized spacial score (nSPS) is 18.4. The van der Waals surface area contributed by atoms with Gasteiger partial charge < -0.3 is 5.32 Å². The van der Waals surface area contributed by atoms with Gasteiger partial charge in [-0.1, -0.05) is 72.8 Å². The third kappa shape index (κ3) is 3.13. The van der Waals surface area contributed by atoms with Crippen molar-refractivity contribution in [3.05, 3.63) is 83.7 Å². The Kier molecular flexibility index (Phi) is 3.98. The van der Waals surface area contributed by atoms with E-state index in [0.717, 1.165) is 17.7 Å². The number of carbonyl (C=O) groups excluding carboxylic acids is 1. The number of aromatic nitrogens is 1. The lowest BCUT2D eigenvalue weighted by atomic mass is 10.0. The number of nitrogens with zero attached hydrogens (tertiary/aromatic N) is 1. The third-order valence-corrected chi connectivity index (χ3v) is 5.91. The second-order valence-electron chi connectivity index (χ2n) is 6.91. The Morgan fingerprint density at radius 1 is 0.963 bits per heavy atom. The van der Waals surface area contributed by atoms with Gasteiger partial charge in [0.15, 0.2) is 5.13 Å². The van der Waals surface area contributed by atoms with E-state index in [2.05, 4.69) is 46.7 Å². The molecule has 4 aromatic rings. The number of anilines is 1. The lowest BCUT2D eigenvalue weighted by Crippen LogP contribution is -2.14. The predicted molar refractivity (Wildman–Crippen MR) is 111 cm³/mol. The summed E-state index contributed by atoms with van der Waals surface area (Å²) in [6.07, 6.45) is 0.914. The van der Waals surface area contributed by atoms with Gasteiger partial charge in [-0.15, -0.1) is 11.3 Å². The highest BCUT2D eigenvalue weighted by Crippen LogP contribution is 2.48. The van der Waals surface area contributed by atoms with Crippen molar-refractivity contribution in [1.82, 2.24) is 4.98 Å². The molecule has 27 heavy (non-hydrogen) atoms. The molecule has 0 radical (unpaired) electrons. The van der Waals surface area contributed by atoms with Gasteiger partial charge in [0, 0.05) is 16.9 Å². The molecule has 1 saturated carbocycles. The van der Waals surface area contributed by atoms with E-state index in [1.165, 1.54) is 27.7 Å². The summed E-state index contributed by atoms with van der Waals surface area (Å²) in [5.74, 6) is 0.462. The topological polar surface area (TPSA) is 42.0 Å². The highest BCUT2D eigenvalue weighted by atomic mass is 32.1. The standard InChI is InChI=1S/C23H18N2OS/c26-22(20-13-19(20)16-7-2-1-3-8-16)25-23-24-21(14-27-23)18-12-6-10-15-9-4-5-11-17(15)18/h1-12,14,19-20H,13H2,(H,24,25,26)/t19-,20-/m1/s1.